The highest BCUT2D eigenvalue weighted by atomic mass is 16.5. The molecule has 3 heteroatoms. The lowest BCUT2D eigenvalue weighted by molar-refractivity contribution is 0.297. The fourth-order valence-corrected chi connectivity index (χ4v) is 1.86. The molecule has 0 amide bonds. The van der Waals surface area contributed by atoms with Crippen molar-refractivity contribution >= 4 is 10.8 Å². The van der Waals surface area contributed by atoms with E-state index in [-0.39, 0.29) is 12.4 Å². The monoisotopic (exact) mass is 218 g/mol. The number of aliphatic hydroxyl groups excluding tert-OH is 1. The summed E-state index contributed by atoms with van der Waals surface area (Å²) in [5.74, 6) is 0.966. The summed E-state index contributed by atoms with van der Waals surface area (Å²) in [5, 5.41) is 20.5. The van der Waals surface area contributed by atoms with Gasteiger partial charge in [-0.3, -0.25) is 0 Å². The molecule has 0 saturated carbocycles. The second-order valence-corrected chi connectivity index (χ2v) is 3.60. The van der Waals surface area contributed by atoms with Gasteiger partial charge in [0.05, 0.1) is 7.11 Å². The van der Waals surface area contributed by atoms with E-state index in [1.165, 1.54) is 0 Å². The van der Waals surface area contributed by atoms with E-state index in [0.717, 1.165) is 22.1 Å². The number of phenolic OH excluding ortho intramolecular Hbond substituents is 1. The van der Waals surface area contributed by atoms with Gasteiger partial charge in [0.25, 0.3) is 0 Å². The van der Waals surface area contributed by atoms with E-state index >= 15 is 0 Å². The largest absolute Gasteiger partial charge is 0.507 e. The fraction of sp³-hybridized carbons (Fsp3) is 0.231. The van der Waals surface area contributed by atoms with Crippen molar-refractivity contribution in [1.29, 1.82) is 0 Å². The SMILES string of the molecule is COc1cccc2c(O)c(CCO)ccc12. The first-order chi connectivity index (χ1) is 7.77. The molecule has 84 valence electrons. The Morgan fingerprint density at radius 2 is 1.94 bits per heavy atom. The molecule has 0 heterocycles. The first kappa shape index (κ1) is 10.8. The zero-order valence-corrected chi connectivity index (χ0v) is 9.10. The Morgan fingerprint density at radius 1 is 1.12 bits per heavy atom. The predicted molar refractivity (Wildman–Crippen MR) is 63.0 cm³/mol. The number of aromatic hydroxyl groups is 1. The minimum atomic E-state index is 0.0308. The highest BCUT2D eigenvalue weighted by Crippen LogP contribution is 2.34. The maximum absolute atomic E-state index is 10.0. The topological polar surface area (TPSA) is 49.7 Å². The van der Waals surface area contributed by atoms with Gasteiger partial charge in [0.1, 0.15) is 11.5 Å². The van der Waals surface area contributed by atoms with Gasteiger partial charge in [-0.1, -0.05) is 24.3 Å². The lowest BCUT2D eigenvalue weighted by atomic mass is 10.0. The molecule has 0 saturated heterocycles. The average Bonchev–Trinajstić information content (AvgIpc) is 2.32. The minimum absolute atomic E-state index is 0.0308. The number of aliphatic hydroxyl groups is 1. The molecule has 16 heavy (non-hydrogen) atoms. The van der Waals surface area contributed by atoms with Gasteiger partial charge < -0.3 is 14.9 Å². The number of rotatable bonds is 3. The molecule has 2 aromatic rings. The van der Waals surface area contributed by atoms with E-state index in [0.29, 0.717) is 6.42 Å². The Labute approximate surface area is 93.9 Å². The van der Waals surface area contributed by atoms with Gasteiger partial charge in [-0.15, -0.1) is 0 Å². The van der Waals surface area contributed by atoms with Crippen molar-refractivity contribution in [2.45, 2.75) is 6.42 Å². The van der Waals surface area contributed by atoms with Crippen molar-refractivity contribution in [1.82, 2.24) is 0 Å². The van der Waals surface area contributed by atoms with E-state index in [9.17, 15) is 5.11 Å². The smallest absolute Gasteiger partial charge is 0.126 e. The van der Waals surface area contributed by atoms with Gasteiger partial charge in [-0.05, 0) is 18.1 Å². The van der Waals surface area contributed by atoms with Crippen LogP contribution in [0, 0.1) is 0 Å². The van der Waals surface area contributed by atoms with Gasteiger partial charge in [0.15, 0.2) is 0 Å². The van der Waals surface area contributed by atoms with Crippen molar-refractivity contribution in [2.24, 2.45) is 0 Å². The van der Waals surface area contributed by atoms with Crippen LogP contribution >= 0.6 is 0 Å². The number of hydrogen-bond acceptors (Lipinski definition) is 3. The third kappa shape index (κ3) is 1.70. The summed E-state index contributed by atoms with van der Waals surface area (Å²) in [7, 11) is 1.60. The van der Waals surface area contributed by atoms with Crippen LogP contribution < -0.4 is 4.74 Å². The number of hydrogen-bond donors (Lipinski definition) is 2. The molecule has 2 N–H and O–H groups in total. The second-order valence-electron chi connectivity index (χ2n) is 3.60. The maximum atomic E-state index is 10.0. The van der Waals surface area contributed by atoms with Crippen molar-refractivity contribution in [3.8, 4) is 11.5 Å². The molecule has 0 bridgehead atoms. The van der Waals surface area contributed by atoms with Crippen LogP contribution in [0.3, 0.4) is 0 Å². The van der Waals surface area contributed by atoms with Gasteiger partial charge in [0, 0.05) is 17.4 Å². The summed E-state index contributed by atoms with van der Waals surface area (Å²) >= 11 is 0. The Kier molecular flexibility index (Phi) is 2.97. The predicted octanol–water partition coefficient (Wildman–Crippen LogP) is 2.09. The molecule has 0 aliphatic rings. The number of phenols is 1. The van der Waals surface area contributed by atoms with Gasteiger partial charge in [0.2, 0.25) is 0 Å². The number of benzene rings is 2. The first-order valence-electron chi connectivity index (χ1n) is 5.16. The van der Waals surface area contributed by atoms with Crippen molar-refractivity contribution in [3.05, 3.63) is 35.9 Å². The molecule has 0 atom stereocenters. The summed E-state index contributed by atoms with van der Waals surface area (Å²) in [6.45, 7) is 0.0308. The van der Waals surface area contributed by atoms with E-state index < -0.39 is 0 Å². The van der Waals surface area contributed by atoms with Crippen LogP contribution in [0.15, 0.2) is 30.3 Å². The molecule has 0 unspecified atom stereocenters. The summed E-state index contributed by atoms with van der Waals surface area (Å²) in [6.07, 6.45) is 0.457. The third-order valence-electron chi connectivity index (χ3n) is 2.68. The van der Waals surface area contributed by atoms with Crippen LogP contribution in [0.25, 0.3) is 10.8 Å². The molecule has 0 radical (unpaired) electrons. The average molecular weight is 218 g/mol. The van der Waals surface area contributed by atoms with Crippen LogP contribution in [0.5, 0.6) is 11.5 Å². The first-order valence-corrected chi connectivity index (χ1v) is 5.16. The number of ether oxygens (including phenoxy) is 1. The third-order valence-corrected chi connectivity index (χ3v) is 2.68. The summed E-state index contributed by atoms with van der Waals surface area (Å²) in [6, 6.07) is 9.25. The zero-order valence-electron chi connectivity index (χ0n) is 9.10. The molecule has 0 spiro atoms. The van der Waals surface area contributed by atoms with Crippen LogP contribution in [-0.4, -0.2) is 23.9 Å². The van der Waals surface area contributed by atoms with E-state index in [1.54, 1.807) is 7.11 Å². The molecule has 0 fully saturated rings. The molecule has 2 aromatic carbocycles. The Balaban J connectivity index is 2.66. The standard InChI is InChI=1S/C13H14O3/c1-16-12-4-2-3-11-10(12)6-5-9(7-8-14)13(11)15/h2-6,14-15H,7-8H2,1H3. The highest BCUT2D eigenvalue weighted by Gasteiger charge is 2.08. The van der Waals surface area contributed by atoms with Crippen LogP contribution in [0.4, 0.5) is 0 Å². The molecule has 3 nitrogen and oxygen atoms in total. The van der Waals surface area contributed by atoms with Gasteiger partial charge in [-0.2, -0.15) is 0 Å². The molecule has 0 aromatic heterocycles. The fourth-order valence-electron chi connectivity index (χ4n) is 1.86. The summed E-state index contributed by atoms with van der Waals surface area (Å²) in [4.78, 5) is 0. The quantitative estimate of drug-likeness (QED) is 0.829. The van der Waals surface area contributed by atoms with Crippen LogP contribution in [0.2, 0.25) is 0 Å². The Morgan fingerprint density at radius 3 is 2.62 bits per heavy atom. The number of fused-ring (bicyclic) bond motifs is 1. The van der Waals surface area contributed by atoms with E-state index in [4.69, 9.17) is 9.84 Å². The normalized spacial score (nSPS) is 10.6. The van der Waals surface area contributed by atoms with Gasteiger partial charge in [-0.25, -0.2) is 0 Å². The molecule has 2 rings (SSSR count). The summed E-state index contributed by atoms with van der Waals surface area (Å²) < 4.78 is 5.22. The number of methoxy groups -OCH3 is 1. The van der Waals surface area contributed by atoms with Crippen molar-refractivity contribution in [3.63, 3.8) is 0 Å². The van der Waals surface area contributed by atoms with E-state index in [1.807, 2.05) is 30.3 Å². The Bertz CT molecular complexity index is 506. The minimum Gasteiger partial charge on any atom is -0.507 e. The molecule has 0 aliphatic carbocycles. The molecular formula is C13H14O3. The van der Waals surface area contributed by atoms with Crippen LogP contribution in [-0.2, 0) is 6.42 Å². The van der Waals surface area contributed by atoms with Crippen molar-refractivity contribution in [2.75, 3.05) is 13.7 Å². The van der Waals surface area contributed by atoms with E-state index in [2.05, 4.69) is 0 Å². The van der Waals surface area contributed by atoms with Crippen molar-refractivity contribution < 1.29 is 14.9 Å². The lowest BCUT2D eigenvalue weighted by Crippen LogP contribution is -1.92. The van der Waals surface area contributed by atoms with Gasteiger partial charge >= 0.3 is 0 Å². The summed E-state index contributed by atoms with van der Waals surface area (Å²) in [5.41, 5.74) is 0.753. The Hall–Kier alpha value is -1.74. The maximum Gasteiger partial charge on any atom is 0.126 e. The highest BCUT2D eigenvalue weighted by molar-refractivity contribution is 5.93. The lowest BCUT2D eigenvalue weighted by Gasteiger charge is -2.09. The molecule has 0 aliphatic heterocycles. The second kappa shape index (κ2) is 4.41. The molecular weight excluding hydrogens is 204 g/mol. The van der Waals surface area contributed by atoms with Crippen LogP contribution in [0.1, 0.15) is 5.56 Å². The zero-order chi connectivity index (χ0) is 11.5.